The van der Waals surface area contributed by atoms with Gasteiger partial charge in [0.25, 0.3) is 0 Å². The van der Waals surface area contributed by atoms with E-state index in [2.05, 4.69) is 5.32 Å². The van der Waals surface area contributed by atoms with Gasteiger partial charge in [0, 0.05) is 10.6 Å². The Morgan fingerprint density at radius 2 is 2.09 bits per heavy atom. The molecule has 1 amide bonds. The molecule has 0 aromatic carbocycles. The molecule has 0 saturated heterocycles. The molecule has 7 heteroatoms. The molecule has 6 nitrogen and oxygen atoms in total. The maximum atomic E-state index is 12.0. The van der Waals surface area contributed by atoms with E-state index in [0.717, 1.165) is 21.9 Å². The average molecular weight is 324 g/mol. The van der Waals surface area contributed by atoms with E-state index in [1.807, 2.05) is 13.8 Å². The summed E-state index contributed by atoms with van der Waals surface area (Å²) in [5, 5.41) is 13.0. The van der Waals surface area contributed by atoms with Crippen LogP contribution in [0.1, 0.15) is 29.0 Å². The molecule has 0 aliphatic carbocycles. The van der Waals surface area contributed by atoms with Crippen LogP contribution in [-0.2, 0) is 16.9 Å². The Kier molecular flexibility index (Phi) is 4.58. The van der Waals surface area contributed by atoms with Crippen molar-refractivity contribution in [1.82, 2.24) is 9.88 Å². The van der Waals surface area contributed by atoms with Crippen molar-refractivity contribution in [1.29, 1.82) is 0 Å². The standard InChI is InChI=1S/C15H20N2O4S/c1-9-5-6-12(21-9)15(4,20)8-16-13(18)7-17-10(2)11(3)22-14(17)19/h5-6,20H,7-8H2,1-4H3,(H,16,18). The van der Waals surface area contributed by atoms with Gasteiger partial charge in [0.05, 0.1) is 6.54 Å². The van der Waals surface area contributed by atoms with Crippen molar-refractivity contribution < 1.29 is 14.3 Å². The molecule has 0 aliphatic rings. The number of aliphatic hydroxyl groups is 1. The Morgan fingerprint density at radius 3 is 2.59 bits per heavy atom. The second-order valence-corrected chi connectivity index (χ2v) is 6.72. The highest BCUT2D eigenvalue weighted by atomic mass is 32.1. The molecule has 2 aromatic rings. The summed E-state index contributed by atoms with van der Waals surface area (Å²) < 4.78 is 6.82. The smallest absolute Gasteiger partial charge is 0.308 e. The first-order chi connectivity index (χ1) is 10.2. The van der Waals surface area contributed by atoms with E-state index in [9.17, 15) is 14.7 Å². The van der Waals surface area contributed by atoms with Crippen molar-refractivity contribution in [2.45, 2.75) is 39.8 Å². The van der Waals surface area contributed by atoms with E-state index in [1.54, 1.807) is 26.0 Å². The van der Waals surface area contributed by atoms with Crippen LogP contribution in [0.5, 0.6) is 0 Å². The number of hydrogen-bond acceptors (Lipinski definition) is 5. The third kappa shape index (κ3) is 3.48. The van der Waals surface area contributed by atoms with Gasteiger partial charge in [-0.25, -0.2) is 0 Å². The summed E-state index contributed by atoms with van der Waals surface area (Å²) in [7, 11) is 0. The summed E-state index contributed by atoms with van der Waals surface area (Å²) in [5.41, 5.74) is -0.507. The number of aromatic nitrogens is 1. The van der Waals surface area contributed by atoms with Gasteiger partial charge in [-0.1, -0.05) is 11.3 Å². The minimum atomic E-state index is -1.30. The lowest BCUT2D eigenvalue weighted by Gasteiger charge is -2.21. The van der Waals surface area contributed by atoms with Gasteiger partial charge in [-0.15, -0.1) is 0 Å². The molecule has 0 radical (unpaired) electrons. The van der Waals surface area contributed by atoms with Crippen LogP contribution >= 0.6 is 11.3 Å². The Labute approximate surface area is 132 Å². The lowest BCUT2D eigenvalue weighted by Crippen LogP contribution is -2.40. The zero-order valence-electron chi connectivity index (χ0n) is 13.1. The molecule has 0 fully saturated rings. The molecule has 2 heterocycles. The van der Waals surface area contributed by atoms with Crippen LogP contribution in [0.3, 0.4) is 0 Å². The summed E-state index contributed by atoms with van der Waals surface area (Å²) >= 11 is 1.12. The summed E-state index contributed by atoms with van der Waals surface area (Å²) in [5.74, 6) is 0.758. The second-order valence-electron chi connectivity index (χ2n) is 5.56. The lowest BCUT2D eigenvalue weighted by atomic mass is 10.0. The monoisotopic (exact) mass is 324 g/mol. The first kappa shape index (κ1) is 16.5. The van der Waals surface area contributed by atoms with E-state index in [-0.39, 0.29) is 23.9 Å². The maximum Gasteiger partial charge on any atom is 0.308 e. The number of carbonyl (C=O) groups excluding carboxylic acids is 1. The van der Waals surface area contributed by atoms with E-state index in [0.29, 0.717) is 11.5 Å². The number of rotatable bonds is 5. The Hall–Kier alpha value is -1.86. The van der Waals surface area contributed by atoms with Crippen molar-refractivity contribution >= 4 is 17.2 Å². The Morgan fingerprint density at radius 1 is 1.41 bits per heavy atom. The molecule has 2 rings (SSSR count). The maximum absolute atomic E-state index is 12.0. The van der Waals surface area contributed by atoms with Crippen molar-refractivity contribution in [2.24, 2.45) is 0 Å². The third-order valence-corrected chi connectivity index (χ3v) is 4.57. The average Bonchev–Trinajstić information content (AvgIpc) is 2.97. The van der Waals surface area contributed by atoms with Crippen LogP contribution in [0.15, 0.2) is 21.3 Å². The van der Waals surface area contributed by atoms with E-state index in [4.69, 9.17) is 4.42 Å². The first-order valence-electron chi connectivity index (χ1n) is 6.93. The van der Waals surface area contributed by atoms with Crippen LogP contribution in [0.4, 0.5) is 0 Å². The highest BCUT2D eigenvalue weighted by Gasteiger charge is 2.27. The quantitative estimate of drug-likeness (QED) is 0.872. The number of aryl methyl sites for hydroxylation is 2. The lowest BCUT2D eigenvalue weighted by molar-refractivity contribution is -0.123. The molecule has 120 valence electrons. The highest BCUT2D eigenvalue weighted by Crippen LogP contribution is 2.21. The molecular formula is C15H20N2O4S. The molecular weight excluding hydrogens is 304 g/mol. The molecule has 1 unspecified atom stereocenters. The number of amides is 1. The minimum Gasteiger partial charge on any atom is -0.463 e. The summed E-state index contributed by atoms with van der Waals surface area (Å²) in [6.07, 6.45) is 0. The summed E-state index contributed by atoms with van der Waals surface area (Å²) in [6.45, 7) is 6.96. The summed E-state index contributed by atoms with van der Waals surface area (Å²) in [4.78, 5) is 24.5. The van der Waals surface area contributed by atoms with Gasteiger partial charge < -0.3 is 14.8 Å². The van der Waals surface area contributed by atoms with Crippen molar-refractivity contribution in [3.8, 4) is 0 Å². The predicted molar refractivity (Wildman–Crippen MR) is 84.1 cm³/mol. The van der Waals surface area contributed by atoms with E-state index < -0.39 is 5.60 Å². The number of nitrogens with zero attached hydrogens (tertiary/aromatic N) is 1. The van der Waals surface area contributed by atoms with Crippen LogP contribution < -0.4 is 10.2 Å². The van der Waals surface area contributed by atoms with Crippen LogP contribution in [0.2, 0.25) is 0 Å². The minimum absolute atomic E-state index is 0.00963. The highest BCUT2D eigenvalue weighted by molar-refractivity contribution is 7.09. The largest absolute Gasteiger partial charge is 0.463 e. The van der Waals surface area contributed by atoms with Gasteiger partial charge in [0.2, 0.25) is 5.91 Å². The van der Waals surface area contributed by atoms with E-state index in [1.165, 1.54) is 4.57 Å². The van der Waals surface area contributed by atoms with Crippen molar-refractivity contribution in [2.75, 3.05) is 6.54 Å². The van der Waals surface area contributed by atoms with Crippen molar-refractivity contribution in [3.63, 3.8) is 0 Å². The van der Waals surface area contributed by atoms with Gasteiger partial charge >= 0.3 is 4.87 Å². The fourth-order valence-corrected chi connectivity index (χ4v) is 2.88. The van der Waals surface area contributed by atoms with Gasteiger partial charge in [-0.3, -0.25) is 14.2 Å². The van der Waals surface area contributed by atoms with Gasteiger partial charge in [-0.05, 0) is 39.8 Å². The van der Waals surface area contributed by atoms with Gasteiger partial charge in [0.1, 0.15) is 23.7 Å². The van der Waals surface area contributed by atoms with Crippen LogP contribution in [0, 0.1) is 20.8 Å². The predicted octanol–water partition coefficient (Wildman–Crippen LogP) is 1.45. The molecule has 0 spiro atoms. The number of nitrogens with one attached hydrogen (secondary N) is 1. The number of furan rings is 1. The molecule has 2 N–H and O–H groups in total. The number of hydrogen-bond donors (Lipinski definition) is 2. The van der Waals surface area contributed by atoms with Gasteiger partial charge in [-0.2, -0.15) is 0 Å². The summed E-state index contributed by atoms with van der Waals surface area (Å²) in [6, 6.07) is 3.43. The number of thiazole rings is 1. The molecule has 1 atom stereocenters. The fourth-order valence-electron chi connectivity index (χ4n) is 2.05. The van der Waals surface area contributed by atoms with Gasteiger partial charge in [0.15, 0.2) is 0 Å². The SMILES string of the molecule is Cc1ccc(C(C)(O)CNC(=O)Cn2c(C)c(C)sc2=O)o1. The Bertz CT molecular complexity index is 739. The first-order valence-corrected chi connectivity index (χ1v) is 7.75. The third-order valence-electron chi connectivity index (χ3n) is 3.58. The number of carbonyl (C=O) groups is 1. The zero-order chi connectivity index (χ0) is 16.5. The van der Waals surface area contributed by atoms with Crippen molar-refractivity contribution in [3.05, 3.63) is 43.9 Å². The zero-order valence-corrected chi connectivity index (χ0v) is 13.9. The molecule has 0 aliphatic heterocycles. The normalized spacial score (nSPS) is 13.9. The second kappa shape index (κ2) is 6.10. The molecule has 0 saturated carbocycles. The molecule has 0 bridgehead atoms. The van der Waals surface area contributed by atoms with Crippen LogP contribution in [-0.4, -0.2) is 22.1 Å². The molecule has 22 heavy (non-hydrogen) atoms. The topological polar surface area (TPSA) is 84.5 Å². The van der Waals surface area contributed by atoms with E-state index >= 15 is 0 Å². The molecule has 2 aromatic heterocycles. The Balaban J connectivity index is 1.99. The fraction of sp³-hybridized carbons (Fsp3) is 0.467. The van der Waals surface area contributed by atoms with Crippen LogP contribution in [0.25, 0.3) is 0 Å².